The maximum atomic E-state index is 12.2. The third-order valence-electron chi connectivity index (χ3n) is 7.91. The van der Waals surface area contributed by atoms with Gasteiger partial charge in [0.2, 0.25) is 5.95 Å². The van der Waals surface area contributed by atoms with Crippen LogP contribution >= 0.6 is 46.9 Å². The number of phosphoric ester groups is 2. The summed E-state index contributed by atoms with van der Waals surface area (Å²) in [5, 5.41) is 20.2. The standard InChI is InChI=1S/C11H18N3O14P3.C10H16N5O14P3/c15-7-3-9(14-4-6-1-2-24-13-10(6)12-11(14)16)26-8(7)5-25-30(20,21)28-31(22,23)27-29(17,18)19;11-9-13-7-6(8(17)14-9)12-10(18)15(7)5-1-3(16)4(27-5)2-26-31(22,23)29-32(24,25)28-30(19,20)21/h4,7-9,15H,1-3,5H2,(H,20,21)(H,22,23)(H,12,13,16)(H2,17,18,19);3-5,16H,1-2H2,(H,12,18)(H,22,23)(H,24,25)(H2,19,20,21)(H3,11,13,14,17)/t7-,8-,9-;3-,4-,5-/m11/s1. The summed E-state index contributed by atoms with van der Waals surface area (Å²) in [6.07, 6.45) is -6.03. The zero-order valence-electron chi connectivity index (χ0n) is 30.7. The van der Waals surface area contributed by atoms with E-state index in [0.717, 1.165) is 9.13 Å². The maximum absolute atomic E-state index is 12.2. The molecule has 6 heterocycles. The Morgan fingerprint density at radius 2 is 1.24 bits per heavy atom. The van der Waals surface area contributed by atoms with Gasteiger partial charge in [-0.3, -0.25) is 33.2 Å². The Kier molecular flexibility index (Phi) is 15.6. The van der Waals surface area contributed by atoms with E-state index in [1.807, 2.05) is 0 Å². The second-order valence-electron chi connectivity index (χ2n) is 12.6. The van der Waals surface area contributed by atoms with Gasteiger partial charge in [-0.1, -0.05) is 0 Å². The van der Waals surface area contributed by atoms with E-state index in [2.05, 4.69) is 51.7 Å². The van der Waals surface area contributed by atoms with Crippen LogP contribution in [0.3, 0.4) is 0 Å². The lowest BCUT2D eigenvalue weighted by molar-refractivity contribution is -0.0450. The van der Waals surface area contributed by atoms with Gasteiger partial charge in [-0.15, -0.1) is 0 Å². The number of imidazole rings is 1. The van der Waals surface area contributed by atoms with Gasteiger partial charge in [0.25, 0.3) is 5.56 Å². The van der Waals surface area contributed by atoms with Crippen molar-refractivity contribution in [1.82, 2.24) is 29.1 Å². The van der Waals surface area contributed by atoms with Crippen molar-refractivity contribution in [2.24, 2.45) is 0 Å². The summed E-state index contributed by atoms with van der Waals surface area (Å²) in [6.45, 7) is -1.44. The number of hydrogen-bond donors (Lipinski definition) is 14. The van der Waals surface area contributed by atoms with E-state index >= 15 is 0 Å². The van der Waals surface area contributed by atoms with Crippen LogP contribution in [0.25, 0.3) is 11.2 Å². The van der Waals surface area contributed by atoms with Gasteiger partial charge in [0.05, 0.1) is 32.0 Å². The van der Waals surface area contributed by atoms with Crippen molar-refractivity contribution >= 4 is 69.9 Å². The van der Waals surface area contributed by atoms with Crippen LogP contribution in [-0.4, -0.2) is 123 Å². The molecular formula is C21H34N8O28P6. The van der Waals surface area contributed by atoms with Crippen molar-refractivity contribution in [1.29, 1.82) is 0 Å². The molecule has 356 valence electrons. The third kappa shape index (κ3) is 14.4. The van der Waals surface area contributed by atoms with Crippen LogP contribution in [0.2, 0.25) is 0 Å². The van der Waals surface area contributed by atoms with E-state index < -0.39 is 114 Å². The summed E-state index contributed by atoms with van der Waals surface area (Å²) < 4.78 is 103. The average molecular weight is 1030 g/mol. The lowest BCUT2D eigenvalue weighted by Gasteiger charge is -2.21. The SMILES string of the molecule is Nc1nc2c([nH]c(=O)n2[C@H]2C[C@@H](O)[C@@H](COP(=O)(O)OP(=O)(O)OP(=O)(O)O)O2)c(=O)[nH]1.O=c1nc2c(cn1[C@H]1C[C@@H](O)[C@@H](COP(=O)(O)OP(=O)(O)OP(=O)(O)O)O1)CCON2. The van der Waals surface area contributed by atoms with Crippen molar-refractivity contribution < 1.29 is 117 Å². The maximum Gasteiger partial charge on any atom is 0.490 e. The number of nitrogens with zero attached hydrogens (tertiary/aromatic N) is 4. The molecule has 3 aromatic heterocycles. The first-order chi connectivity index (χ1) is 28.8. The van der Waals surface area contributed by atoms with E-state index in [4.69, 9.17) is 49.4 Å². The molecule has 3 aliphatic rings. The number of aliphatic hydroxyl groups is 2. The van der Waals surface area contributed by atoms with Crippen LogP contribution in [0.15, 0.2) is 20.6 Å². The predicted octanol–water partition coefficient (Wildman–Crippen LogP) is -2.88. The van der Waals surface area contributed by atoms with Crippen molar-refractivity contribution in [3.63, 3.8) is 0 Å². The zero-order valence-corrected chi connectivity index (χ0v) is 36.0. The van der Waals surface area contributed by atoms with Crippen LogP contribution < -0.4 is 28.2 Å². The molecule has 0 amide bonds. The summed E-state index contributed by atoms with van der Waals surface area (Å²) in [4.78, 5) is 124. The lowest BCUT2D eigenvalue weighted by atomic mass is 10.2. The number of aromatic nitrogens is 6. The van der Waals surface area contributed by atoms with Crippen LogP contribution in [0.4, 0.5) is 11.8 Å². The number of phosphoric acid groups is 6. The van der Waals surface area contributed by atoms with Gasteiger partial charge in [-0.05, 0) is 0 Å². The Morgan fingerprint density at radius 1 is 0.730 bits per heavy atom. The fraction of sp³-hybridized carbons (Fsp3) is 0.571. The molecule has 3 aliphatic heterocycles. The number of rotatable bonds is 16. The van der Waals surface area contributed by atoms with E-state index in [0.29, 0.717) is 18.6 Å². The largest absolute Gasteiger partial charge is 0.490 e. The van der Waals surface area contributed by atoms with Crippen LogP contribution in [0.1, 0.15) is 30.9 Å². The summed E-state index contributed by atoms with van der Waals surface area (Å²) >= 11 is 0. The van der Waals surface area contributed by atoms with Gasteiger partial charge < -0.3 is 64.6 Å². The van der Waals surface area contributed by atoms with Crippen LogP contribution in [-0.2, 0) is 74.4 Å². The number of aliphatic hydroxyl groups excluding tert-OH is 2. The average Bonchev–Trinajstić information content (AvgIpc) is 3.76. The molecule has 3 aromatic rings. The highest BCUT2D eigenvalue weighted by atomic mass is 31.3. The number of nitrogen functional groups attached to an aromatic ring is 1. The number of nitrogens with two attached hydrogens (primary N) is 1. The first-order valence-electron chi connectivity index (χ1n) is 16.5. The predicted molar refractivity (Wildman–Crippen MR) is 196 cm³/mol. The number of anilines is 2. The minimum absolute atomic E-state index is 0.116. The number of nitrogens with one attached hydrogen (secondary N) is 3. The third-order valence-corrected chi connectivity index (χ3v) is 15.5. The smallest absolute Gasteiger partial charge is 0.390 e. The first kappa shape index (κ1) is 51.2. The molecule has 42 heteroatoms. The molecule has 0 aromatic carbocycles. The number of hydrogen-bond acceptors (Lipinski definition) is 24. The lowest BCUT2D eigenvalue weighted by Crippen LogP contribution is -2.31. The molecular weight excluding hydrogens is 998 g/mol. The van der Waals surface area contributed by atoms with Crippen molar-refractivity contribution in [3.05, 3.63) is 43.1 Å². The fourth-order valence-electron chi connectivity index (χ4n) is 5.56. The topological polar surface area (TPSA) is 544 Å². The molecule has 0 saturated carbocycles. The summed E-state index contributed by atoms with van der Waals surface area (Å²) in [5.74, 6) is -0.0618. The van der Waals surface area contributed by atoms with Gasteiger partial charge in [0.1, 0.15) is 24.7 Å². The molecule has 0 aliphatic carbocycles. The Bertz CT molecular complexity index is 2660. The quantitative estimate of drug-likeness (QED) is 0.0641. The molecule has 0 spiro atoms. The Morgan fingerprint density at radius 3 is 1.76 bits per heavy atom. The Labute approximate surface area is 346 Å². The van der Waals surface area contributed by atoms with E-state index in [-0.39, 0.29) is 35.8 Å². The minimum atomic E-state index is -5.71. The van der Waals surface area contributed by atoms with Crippen molar-refractivity contribution in [2.75, 3.05) is 31.0 Å². The summed E-state index contributed by atoms with van der Waals surface area (Å²) in [6, 6.07) is 0. The normalized spacial score (nSPS) is 26.6. The number of aromatic amines is 2. The molecule has 4 unspecified atom stereocenters. The Hall–Kier alpha value is -2.75. The fourth-order valence-corrected chi connectivity index (χ4v) is 11.6. The first-order valence-corrected chi connectivity index (χ1v) is 25.6. The molecule has 6 rings (SSSR count). The summed E-state index contributed by atoms with van der Waals surface area (Å²) in [7, 11) is -33.3. The van der Waals surface area contributed by atoms with Gasteiger partial charge in [-0.2, -0.15) is 27.2 Å². The molecule has 10 atom stereocenters. The zero-order chi connectivity index (χ0) is 47.1. The van der Waals surface area contributed by atoms with E-state index in [1.54, 1.807) is 0 Å². The summed E-state index contributed by atoms with van der Waals surface area (Å²) in [5.41, 5.74) is 5.89. The molecule has 2 saturated heterocycles. The molecule has 0 bridgehead atoms. The number of ether oxygens (including phenoxy) is 2. The number of fused-ring (bicyclic) bond motifs is 2. The molecule has 2 fully saturated rings. The highest BCUT2D eigenvalue weighted by Crippen LogP contribution is 2.67. The Balaban J connectivity index is 0.000000238. The van der Waals surface area contributed by atoms with Crippen LogP contribution in [0.5, 0.6) is 0 Å². The van der Waals surface area contributed by atoms with E-state index in [9.17, 15) is 61.8 Å². The monoisotopic (exact) mass is 1030 g/mol. The van der Waals surface area contributed by atoms with Gasteiger partial charge in [0, 0.05) is 31.0 Å². The highest BCUT2D eigenvalue weighted by Gasteiger charge is 2.45. The van der Waals surface area contributed by atoms with Gasteiger partial charge >= 0.3 is 58.3 Å². The molecule has 63 heavy (non-hydrogen) atoms. The number of H-pyrrole nitrogens is 2. The highest BCUT2D eigenvalue weighted by molar-refractivity contribution is 7.67. The molecule has 15 N–H and O–H groups in total. The van der Waals surface area contributed by atoms with Crippen molar-refractivity contribution in [3.8, 4) is 0 Å². The van der Waals surface area contributed by atoms with Crippen LogP contribution in [0, 0.1) is 0 Å². The second-order valence-corrected chi connectivity index (χ2v) is 21.4. The van der Waals surface area contributed by atoms with Gasteiger partial charge in [-0.25, -0.2) is 47.0 Å². The van der Waals surface area contributed by atoms with Crippen molar-refractivity contribution in [2.45, 2.75) is 56.1 Å². The minimum Gasteiger partial charge on any atom is -0.390 e. The molecule has 36 nitrogen and oxygen atoms in total. The van der Waals surface area contributed by atoms with E-state index in [1.165, 1.54) is 6.20 Å². The molecule has 0 radical (unpaired) electrons. The second kappa shape index (κ2) is 19.2. The van der Waals surface area contributed by atoms with Gasteiger partial charge in [0.15, 0.2) is 17.0 Å².